The first-order valence-corrected chi connectivity index (χ1v) is 10.5. The molecule has 1 fully saturated rings. The number of para-hydroxylation sites is 1. The Balaban J connectivity index is 1.22. The number of ether oxygens (including phenoxy) is 2. The number of halogens is 3. The van der Waals surface area contributed by atoms with Crippen LogP contribution >= 0.6 is 0 Å². The Morgan fingerprint density at radius 3 is 1.91 bits per heavy atom. The van der Waals surface area contributed by atoms with Gasteiger partial charge in [-0.2, -0.15) is 0 Å². The summed E-state index contributed by atoms with van der Waals surface area (Å²) in [4.78, 5) is 4.86. The second-order valence-corrected chi connectivity index (χ2v) is 7.72. The molecule has 0 N–H and O–H groups in total. The first-order chi connectivity index (χ1) is 15.4. The van der Waals surface area contributed by atoms with Gasteiger partial charge in [0.15, 0.2) is 0 Å². The lowest BCUT2D eigenvalue weighted by Crippen LogP contribution is -2.45. The van der Waals surface area contributed by atoms with Gasteiger partial charge in [-0.1, -0.05) is 42.5 Å². The van der Waals surface area contributed by atoms with Gasteiger partial charge < -0.3 is 14.4 Å². The van der Waals surface area contributed by atoms with E-state index in [0.29, 0.717) is 0 Å². The van der Waals surface area contributed by atoms with Crippen LogP contribution in [0.3, 0.4) is 0 Å². The highest BCUT2D eigenvalue weighted by Crippen LogP contribution is 2.23. The third-order valence-corrected chi connectivity index (χ3v) is 5.39. The lowest BCUT2D eigenvalue weighted by Gasteiger charge is -2.36. The number of rotatable bonds is 7. The van der Waals surface area contributed by atoms with E-state index in [2.05, 4.69) is 50.9 Å². The largest absolute Gasteiger partial charge is 0.573 e. The van der Waals surface area contributed by atoms with E-state index in [1.807, 2.05) is 18.2 Å². The maximum Gasteiger partial charge on any atom is 0.573 e. The number of hydrogen-bond acceptors (Lipinski definition) is 4. The second-order valence-electron chi connectivity index (χ2n) is 7.72. The van der Waals surface area contributed by atoms with E-state index in [0.717, 1.165) is 44.0 Å². The van der Waals surface area contributed by atoms with Crippen LogP contribution in [-0.2, 0) is 13.2 Å². The number of alkyl halides is 3. The molecule has 4 rings (SSSR count). The molecular formula is C25H25F3N2O2. The lowest BCUT2D eigenvalue weighted by atomic mass is 10.1. The zero-order valence-corrected chi connectivity index (χ0v) is 17.6. The first kappa shape index (κ1) is 22.0. The molecule has 1 heterocycles. The number of piperazine rings is 1. The summed E-state index contributed by atoms with van der Waals surface area (Å²) in [5.74, 6) is 0.480. The molecule has 0 atom stereocenters. The average molecular weight is 442 g/mol. The van der Waals surface area contributed by atoms with Crippen LogP contribution in [0.15, 0.2) is 78.9 Å². The summed E-state index contributed by atoms with van der Waals surface area (Å²) >= 11 is 0. The minimum Gasteiger partial charge on any atom is -0.489 e. The summed E-state index contributed by atoms with van der Waals surface area (Å²) in [6.07, 6.45) is -4.69. The van der Waals surface area contributed by atoms with Gasteiger partial charge in [-0.3, -0.25) is 4.90 Å². The summed E-state index contributed by atoms with van der Waals surface area (Å²) in [5.41, 5.74) is 3.26. The van der Waals surface area contributed by atoms with Crippen LogP contribution in [0.5, 0.6) is 11.5 Å². The Morgan fingerprint density at radius 2 is 1.28 bits per heavy atom. The monoisotopic (exact) mass is 442 g/mol. The molecular weight excluding hydrogens is 417 g/mol. The molecule has 7 heteroatoms. The maximum atomic E-state index is 12.2. The van der Waals surface area contributed by atoms with Crippen molar-refractivity contribution in [1.82, 2.24) is 4.90 Å². The molecule has 168 valence electrons. The highest BCUT2D eigenvalue weighted by molar-refractivity contribution is 5.46. The highest BCUT2D eigenvalue weighted by atomic mass is 19.4. The fourth-order valence-electron chi connectivity index (χ4n) is 3.71. The second kappa shape index (κ2) is 9.96. The van der Waals surface area contributed by atoms with Crippen molar-refractivity contribution >= 4 is 5.69 Å². The number of anilines is 1. The van der Waals surface area contributed by atoms with Gasteiger partial charge in [0.05, 0.1) is 0 Å². The van der Waals surface area contributed by atoms with E-state index in [9.17, 15) is 13.2 Å². The van der Waals surface area contributed by atoms with Gasteiger partial charge in [0.1, 0.15) is 18.1 Å². The summed E-state index contributed by atoms with van der Waals surface area (Å²) < 4.78 is 46.3. The van der Waals surface area contributed by atoms with Crippen molar-refractivity contribution in [3.63, 3.8) is 0 Å². The first-order valence-electron chi connectivity index (χ1n) is 10.5. The molecule has 0 spiro atoms. The van der Waals surface area contributed by atoms with Crippen LogP contribution in [0.2, 0.25) is 0 Å². The third-order valence-electron chi connectivity index (χ3n) is 5.39. The standard InChI is InChI=1S/C25H25F3N2O2/c26-25(27,28)32-24-12-8-21(9-13-24)19-31-23-10-6-20(7-11-23)18-29-14-16-30(17-15-29)22-4-2-1-3-5-22/h1-13H,14-19H2. The molecule has 1 aliphatic heterocycles. The van der Waals surface area contributed by atoms with Crippen molar-refractivity contribution in [1.29, 1.82) is 0 Å². The van der Waals surface area contributed by atoms with E-state index >= 15 is 0 Å². The molecule has 0 aliphatic carbocycles. The topological polar surface area (TPSA) is 24.9 Å². The minimum absolute atomic E-state index is 0.241. The summed E-state index contributed by atoms with van der Waals surface area (Å²) in [5, 5.41) is 0. The number of hydrogen-bond donors (Lipinski definition) is 0. The predicted molar refractivity (Wildman–Crippen MR) is 118 cm³/mol. The molecule has 1 aliphatic rings. The number of nitrogens with zero attached hydrogens (tertiary/aromatic N) is 2. The van der Waals surface area contributed by atoms with E-state index in [1.165, 1.54) is 23.4 Å². The Morgan fingerprint density at radius 1 is 0.688 bits per heavy atom. The van der Waals surface area contributed by atoms with Crippen LogP contribution < -0.4 is 14.4 Å². The minimum atomic E-state index is -4.69. The quantitative estimate of drug-likeness (QED) is 0.483. The average Bonchev–Trinajstić information content (AvgIpc) is 2.80. The molecule has 32 heavy (non-hydrogen) atoms. The number of benzene rings is 3. The Labute approximate surface area is 185 Å². The van der Waals surface area contributed by atoms with Crippen LogP contribution in [0.1, 0.15) is 11.1 Å². The Bertz CT molecular complexity index is 969. The van der Waals surface area contributed by atoms with Crippen molar-refractivity contribution in [2.24, 2.45) is 0 Å². The lowest BCUT2D eigenvalue weighted by molar-refractivity contribution is -0.274. The SMILES string of the molecule is FC(F)(F)Oc1ccc(COc2ccc(CN3CCN(c4ccccc4)CC3)cc2)cc1. The van der Waals surface area contributed by atoms with Gasteiger partial charge in [-0.25, -0.2) is 0 Å². The third kappa shape index (κ3) is 6.40. The molecule has 1 saturated heterocycles. The van der Waals surface area contributed by atoms with Crippen molar-refractivity contribution in [3.05, 3.63) is 90.0 Å². The van der Waals surface area contributed by atoms with Gasteiger partial charge in [0, 0.05) is 38.4 Å². The van der Waals surface area contributed by atoms with Crippen molar-refractivity contribution in [2.75, 3.05) is 31.1 Å². The zero-order chi connectivity index (χ0) is 22.4. The predicted octanol–water partition coefficient (Wildman–Crippen LogP) is 5.49. The molecule has 0 radical (unpaired) electrons. The Kier molecular flexibility index (Phi) is 6.85. The van der Waals surface area contributed by atoms with Gasteiger partial charge in [0.2, 0.25) is 0 Å². The molecule has 4 nitrogen and oxygen atoms in total. The van der Waals surface area contributed by atoms with E-state index in [4.69, 9.17) is 4.74 Å². The van der Waals surface area contributed by atoms with Crippen molar-refractivity contribution in [2.45, 2.75) is 19.5 Å². The molecule has 0 bridgehead atoms. The fourth-order valence-corrected chi connectivity index (χ4v) is 3.71. The summed E-state index contributed by atoms with van der Waals surface area (Å²) in [7, 11) is 0. The van der Waals surface area contributed by atoms with Gasteiger partial charge in [-0.05, 0) is 47.5 Å². The zero-order valence-electron chi connectivity index (χ0n) is 17.6. The van der Waals surface area contributed by atoms with Gasteiger partial charge in [0.25, 0.3) is 0 Å². The molecule has 3 aromatic carbocycles. The maximum absolute atomic E-state index is 12.2. The molecule has 0 amide bonds. The normalized spacial score (nSPS) is 14.9. The summed E-state index contributed by atoms with van der Waals surface area (Å²) in [6.45, 7) is 5.22. The van der Waals surface area contributed by atoms with Crippen LogP contribution in [0.4, 0.5) is 18.9 Å². The van der Waals surface area contributed by atoms with E-state index in [-0.39, 0.29) is 12.4 Å². The van der Waals surface area contributed by atoms with Crippen LogP contribution in [-0.4, -0.2) is 37.4 Å². The molecule has 3 aromatic rings. The van der Waals surface area contributed by atoms with Gasteiger partial charge >= 0.3 is 6.36 Å². The van der Waals surface area contributed by atoms with Crippen molar-refractivity contribution in [3.8, 4) is 11.5 Å². The molecule has 0 unspecified atom stereocenters. The van der Waals surface area contributed by atoms with Crippen LogP contribution in [0, 0.1) is 0 Å². The highest BCUT2D eigenvalue weighted by Gasteiger charge is 2.30. The van der Waals surface area contributed by atoms with E-state index in [1.54, 1.807) is 12.1 Å². The molecule has 0 saturated carbocycles. The fraction of sp³-hybridized carbons (Fsp3) is 0.280. The summed E-state index contributed by atoms with van der Waals surface area (Å²) in [6, 6.07) is 24.1. The molecule has 0 aromatic heterocycles. The van der Waals surface area contributed by atoms with Gasteiger partial charge in [-0.15, -0.1) is 13.2 Å². The van der Waals surface area contributed by atoms with Crippen LogP contribution in [0.25, 0.3) is 0 Å². The smallest absolute Gasteiger partial charge is 0.489 e. The Hall–Kier alpha value is -3.19. The van der Waals surface area contributed by atoms with E-state index < -0.39 is 6.36 Å². The van der Waals surface area contributed by atoms with Crippen molar-refractivity contribution < 1.29 is 22.6 Å².